The van der Waals surface area contributed by atoms with E-state index in [9.17, 15) is 14.7 Å². The molecule has 4 aliphatic rings. The molecule has 2 bridgehead atoms. The number of nitrogens with zero attached hydrogens (tertiary/aromatic N) is 3. The number of hydrogen-bond donors (Lipinski definition) is 1. The summed E-state index contributed by atoms with van der Waals surface area (Å²) >= 11 is 0. The van der Waals surface area contributed by atoms with Gasteiger partial charge in [0.2, 0.25) is 0 Å². The highest BCUT2D eigenvalue weighted by molar-refractivity contribution is 5.68. The largest absolute Gasteiger partial charge is 0.465 e. The van der Waals surface area contributed by atoms with Crippen LogP contribution < -0.4 is 0 Å². The summed E-state index contributed by atoms with van der Waals surface area (Å²) in [4.78, 5) is 29.4. The average molecular weight is 353 g/mol. The van der Waals surface area contributed by atoms with Crippen LogP contribution in [-0.2, 0) is 4.74 Å². The van der Waals surface area contributed by atoms with Crippen LogP contribution in [0.1, 0.15) is 46.5 Å². The lowest BCUT2D eigenvalue weighted by molar-refractivity contribution is -0.118. The van der Waals surface area contributed by atoms with Crippen molar-refractivity contribution in [3.8, 4) is 0 Å². The van der Waals surface area contributed by atoms with Gasteiger partial charge in [0.25, 0.3) is 0 Å². The standard InChI is InChI=1S/C18H31N3O4/c1-4-18-8-7-13(10-21(18)16(22)23)15(9-18)20-11-14(12-20)25-17(24)19(5-2)6-3/h13-15H,4-12H2,1-3H3,(H,22,23). The third-order valence-corrected chi connectivity index (χ3v) is 6.63. The quantitative estimate of drug-likeness (QED) is 0.822. The second-order valence-corrected chi connectivity index (χ2v) is 7.67. The van der Waals surface area contributed by atoms with Crippen LogP contribution >= 0.6 is 0 Å². The van der Waals surface area contributed by atoms with Crippen LogP contribution in [0, 0.1) is 5.92 Å². The van der Waals surface area contributed by atoms with Crippen LogP contribution in [0.5, 0.6) is 0 Å². The van der Waals surface area contributed by atoms with E-state index in [1.807, 2.05) is 13.8 Å². The van der Waals surface area contributed by atoms with Crippen molar-refractivity contribution in [1.82, 2.24) is 14.7 Å². The number of amides is 2. The highest BCUT2D eigenvalue weighted by atomic mass is 16.6. The first kappa shape index (κ1) is 18.3. The van der Waals surface area contributed by atoms with E-state index in [0.29, 0.717) is 31.6 Å². The van der Waals surface area contributed by atoms with Crippen molar-refractivity contribution in [2.45, 2.75) is 64.1 Å². The molecule has 0 aromatic rings. The average Bonchev–Trinajstić information content (AvgIpc) is 2.58. The van der Waals surface area contributed by atoms with Gasteiger partial charge in [-0.25, -0.2) is 9.59 Å². The van der Waals surface area contributed by atoms with E-state index in [1.54, 1.807) is 9.80 Å². The zero-order chi connectivity index (χ0) is 18.2. The van der Waals surface area contributed by atoms with Crippen molar-refractivity contribution in [2.75, 3.05) is 32.7 Å². The van der Waals surface area contributed by atoms with Crippen molar-refractivity contribution < 1.29 is 19.4 Å². The van der Waals surface area contributed by atoms with E-state index in [-0.39, 0.29) is 17.7 Å². The molecule has 4 rings (SSSR count). The Hall–Kier alpha value is -1.50. The van der Waals surface area contributed by atoms with Crippen LogP contribution in [0.3, 0.4) is 0 Å². The fourth-order valence-corrected chi connectivity index (χ4v) is 4.92. The van der Waals surface area contributed by atoms with Crippen LogP contribution in [0.25, 0.3) is 0 Å². The Morgan fingerprint density at radius 1 is 1.20 bits per heavy atom. The van der Waals surface area contributed by atoms with Gasteiger partial charge in [-0.1, -0.05) is 6.92 Å². The molecular formula is C18H31N3O4. The van der Waals surface area contributed by atoms with Crippen molar-refractivity contribution >= 4 is 12.2 Å². The lowest BCUT2D eigenvalue weighted by atomic mass is 9.65. The predicted molar refractivity (Wildman–Crippen MR) is 93.6 cm³/mol. The maximum Gasteiger partial charge on any atom is 0.410 e. The SMILES string of the molecule is CCN(CC)C(=O)OC1CN(C2CC3(CC)CCC2CN3C(=O)O)C1. The Morgan fingerprint density at radius 3 is 2.44 bits per heavy atom. The Labute approximate surface area is 149 Å². The third-order valence-electron chi connectivity index (χ3n) is 6.63. The van der Waals surface area contributed by atoms with E-state index in [2.05, 4.69) is 11.8 Å². The molecule has 0 radical (unpaired) electrons. The predicted octanol–water partition coefficient (Wildman–Crippen LogP) is 2.46. The zero-order valence-corrected chi connectivity index (χ0v) is 15.6. The molecule has 0 aromatic heterocycles. The molecule has 4 fully saturated rings. The number of carboxylic acid groups (broad SMARTS) is 1. The molecule has 25 heavy (non-hydrogen) atoms. The van der Waals surface area contributed by atoms with Crippen molar-refractivity contribution in [3.05, 3.63) is 0 Å². The Balaban J connectivity index is 1.56. The molecule has 3 saturated heterocycles. The molecule has 142 valence electrons. The molecule has 3 aliphatic heterocycles. The summed E-state index contributed by atoms with van der Waals surface area (Å²) in [6, 6.07) is 0.424. The molecule has 7 heteroatoms. The lowest BCUT2D eigenvalue weighted by Gasteiger charge is -2.60. The molecule has 3 unspecified atom stereocenters. The molecule has 7 nitrogen and oxygen atoms in total. The molecular weight excluding hydrogens is 322 g/mol. The molecule has 0 spiro atoms. The monoisotopic (exact) mass is 353 g/mol. The summed E-state index contributed by atoms with van der Waals surface area (Å²) in [6.45, 7) is 9.55. The number of hydrogen-bond acceptors (Lipinski definition) is 4. The van der Waals surface area contributed by atoms with Gasteiger partial charge in [0.15, 0.2) is 0 Å². The minimum atomic E-state index is -0.778. The number of fused-ring (bicyclic) bond motifs is 3. The summed E-state index contributed by atoms with van der Waals surface area (Å²) < 4.78 is 5.58. The Morgan fingerprint density at radius 2 is 1.88 bits per heavy atom. The normalized spacial score (nSPS) is 32.4. The van der Waals surface area contributed by atoms with Crippen LogP contribution in [0.2, 0.25) is 0 Å². The Bertz CT molecular complexity index is 518. The van der Waals surface area contributed by atoms with Crippen LogP contribution in [-0.4, -0.2) is 82.4 Å². The smallest absolute Gasteiger partial charge is 0.410 e. The van der Waals surface area contributed by atoms with Crippen LogP contribution in [0.15, 0.2) is 0 Å². The molecule has 0 aromatic carbocycles. The van der Waals surface area contributed by atoms with Gasteiger partial charge in [0.05, 0.1) is 0 Å². The summed E-state index contributed by atoms with van der Waals surface area (Å²) in [5, 5.41) is 9.54. The highest BCUT2D eigenvalue weighted by Crippen LogP contribution is 2.47. The molecule has 1 saturated carbocycles. The topological polar surface area (TPSA) is 73.3 Å². The number of ether oxygens (including phenoxy) is 1. The summed E-state index contributed by atoms with van der Waals surface area (Å²) in [5.74, 6) is 0.406. The minimum Gasteiger partial charge on any atom is -0.465 e. The van der Waals surface area contributed by atoms with Gasteiger partial charge < -0.3 is 19.6 Å². The van der Waals surface area contributed by atoms with Gasteiger partial charge in [-0.15, -0.1) is 0 Å². The Kier molecular flexibility index (Phi) is 5.14. The van der Waals surface area contributed by atoms with Gasteiger partial charge in [-0.3, -0.25) is 4.90 Å². The fraction of sp³-hybridized carbons (Fsp3) is 0.889. The number of carbonyl (C=O) groups excluding carboxylic acids is 1. The van der Waals surface area contributed by atoms with E-state index >= 15 is 0 Å². The summed E-state index contributed by atoms with van der Waals surface area (Å²) in [5.41, 5.74) is -0.200. The zero-order valence-electron chi connectivity index (χ0n) is 15.6. The van der Waals surface area contributed by atoms with Crippen molar-refractivity contribution in [3.63, 3.8) is 0 Å². The summed E-state index contributed by atoms with van der Waals surface area (Å²) in [7, 11) is 0. The number of carbonyl (C=O) groups is 2. The van der Waals surface area contributed by atoms with Gasteiger partial charge >= 0.3 is 12.2 Å². The summed E-state index contributed by atoms with van der Waals surface area (Å²) in [6.07, 6.45) is 2.84. The van der Waals surface area contributed by atoms with Gasteiger partial charge in [0, 0.05) is 44.3 Å². The van der Waals surface area contributed by atoms with Crippen molar-refractivity contribution in [1.29, 1.82) is 0 Å². The minimum absolute atomic E-state index is 0.0262. The van der Waals surface area contributed by atoms with Gasteiger partial charge in [0.1, 0.15) is 6.10 Å². The van der Waals surface area contributed by atoms with E-state index in [1.165, 1.54) is 0 Å². The third kappa shape index (κ3) is 3.18. The van der Waals surface area contributed by atoms with Gasteiger partial charge in [-0.05, 0) is 45.4 Å². The van der Waals surface area contributed by atoms with Crippen molar-refractivity contribution in [2.24, 2.45) is 5.92 Å². The highest BCUT2D eigenvalue weighted by Gasteiger charge is 2.54. The second-order valence-electron chi connectivity index (χ2n) is 7.67. The first-order chi connectivity index (χ1) is 11.9. The van der Waals surface area contributed by atoms with E-state index < -0.39 is 6.09 Å². The second kappa shape index (κ2) is 7.02. The number of rotatable bonds is 5. The molecule has 1 N–H and O–H groups in total. The fourth-order valence-electron chi connectivity index (χ4n) is 4.92. The molecule has 2 amide bonds. The number of piperidine rings is 2. The molecule has 3 atom stereocenters. The van der Waals surface area contributed by atoms with Gasteiger partial charge in [-0.2, -0.15) is 0 Å². The number of likely N-dealkylation sites (tertiary alicyclic amines) is 1. The lowest BCUT2D eigenvalue weighted by Crippen LogP contribution is -2.70. The molecule has 3 heterocycles. The maximum atomic E-state index is 12.0. The van der Waals surface area contributed by atoms with Crippen LogP contribution in [0.4, 0.5) is 9.59 Å². The molecule has 1 aliphatic carbocycles. The van der Waals surface area contributed by atoms with E-state index in [0.717, 1.165) is 38.8 Å². The first-order valence-electron chi connectivity index (χ1n) is 9.64. The maximum absolute atomic E-state index is 12.0. The van der Waals surface area contributed by atoms with E-state index in [4.69, 9.17) is 4.74 Å². The first-order valence-corrected chi connectivity index (χ1v) is 9.64.